The van der Waals surface area contributed by atoms with Crippen LogP contribution in [0.2, 0.25) is 0 Å². The van der Waals surface area contributed by atoms with Crippen LogP contribution in [0.15, 0.2) is 10.7 Å². The Morgan fingerprint density at radius 2 is 2.20 bits per heavy atom. The molecule has 1 aromatic rings. The number of nitrogens with zero attached hydrogens (tertiary/aromatic N) is 2. The van der Waals surface area contributed by atoms with Crippen LogP contribution in [-0.2, 0) is 4.79 Å². The molecule has 1 atom stereocenters. The zero-order chi connectivity index (χ0) is 11.6. The van der Waals surface area contributed by atoms with Gasteiger partial charge in [-0.25, -0.2) is 0 Å². The molecule has 1 unspecified atom stereocenters. The van der Waals surface area contributed by atoms with Crippen molar-refractivity contribution < 1.29 is 9.90 Å². The van der Waals surface area contributed by atoms with Gasteiger partial charge in [-0.15, -0.1) is 0 Å². The number of rotatable bonds is 4. The summed E-state index contributed by atoms with van der Waals surface area (Å²) in [5.74, 6) is -0.826. The van der Waals surface area contributed by atoms with Crippen LogP contribution < -0.4 is 0 Å². The van der Waals surface area contributed by atoms with E-state index in [2.05, 4.69) is 21.0 Å². The van der Waals surface area contributed by atoms with Crippen molar-refractivity contribution >= 4 is 21.9 Å². The molecule has 1 heterocycles. The summed E-state index contributed by atoms with van der Waals surface area (Å²) in [6.07, 6.45) is 1.84. The molecule has 0 bridgehead atoms. The van der Waals surface area contributed by atoms with Crippen molar-refractivity contribution in [3.8, 4) is 0 Å². The Balaban J connectivity index is 3.00. The molecule has 0 spiro atoms. The van der Waals surface area contributed by atoms with Crippen LogP contribution >= 0.6 is 15.9 Å². The molecule has 4 nitrogen and oxygen atoms in total. The van der Waals surface area contributed by atoms with Gasteiger partial charge >= 0.3 is 5.97 Å². The largest absolute Gasteiger partial charge is 0.481 e. The van der Waals surface area contributed by atoms with Crippen molar-refractivity contribution in [2.24, 2.45) is 0 Å². The molecule has 0 aromatic carbocycles. The van der Waals surface area contributed by atoms with Gasteiger partial charge in [0, 0.05) is 12.0 Å². The first-order valence-corrected chi connectivity index (χ1v) is 5.67. The lowest BCUT2D eigenvalue weighted by Gasteiger charge is -2.15. The molecule has 1 aromatic heterocycles. The van der Waals surface area contributed by atoms with Gasteiger partial charge in [0.15, 0.2) is 0 Å². The summed E-state index contributed by atoms with van der Waals surface area (Å²) in [6.45, 7) is 5.95. The molecular weight excluding hydrogens is 260 g/mol. The van der Waals surface area contributed by atoms with E-state index in [0.29, 0.717) is 0 Å². The quantitative estimate of drug-likeness (QED) is 0.919. The SMILES string of the molecule is CC(CC(=O)O)c1c(Br)cnn1C(C)C. The Labute approximate surface area is 97.4 Å². The lowest BCUT2D eigenvalue weighted by molar-refractivity contribution is -0.137. The zero-order valence-electron chi connectivity index (χ0n) is 9.07. The molecule has 0 aliphatic heterocycles. The van der Waals surface area contributed by atoms with Gasteiger partial charge in [-0.3, -0.25) is 9.48 Å². The van der Waals surface area contributed by atoms with Crippen molar-refractivity contribution in [3.63, 3.8) is 0 Å². The number of aromatic nitrogens is 2. The number of hydrogen-bond acceptors (Lipinski definition) is 2. The van der Waals surface area contributed by atoms with E-state index in [1.165, 1.54) is 0 Å². The molecular formula is C10H15BrN2O2. The second-order valence-electron chi connectivity index (χ2n) is 3.91. The second-order valence-corrected chi connectivity index (χ2v) is 4.77. The van der Waals surface area contributed by atoms with Gasteiger partial charge in [-0.05, 0) is 29.8 Å². The third-order valence-corrected chi connectivity index (χ3v) is 2.83. The van der Waals surface area contributed by atoms with Crippen LogP contribution in [0.3, 0.4) is 0 Å². The molecule has 0 fully saturated rings. The Kier molecular flexibility index (Phi) is 3.90. The molecule has 84 valence electrons. The summed E-state index contributed by atoms with van der Waals surface area (Å²) >= 11 is 3.40. The smallest absolute Gasteiger partial charge is 0.304 e. The molecule has 0 radical (unpaired) electrons. The van der Waals surface area contributed by atoms with Crippen molar-refractivity contribution in [3.05, 3.63) is 16.4 Å². The van der Waals surface area contributed by atoms with Crippen molar-refractivity contribution in [1.82, 2.24) is 9.78 Å². The van der Waals surface area contributed by atoms with Crippen molar-refractivity contribution in [2.75, 3.05) is 0 Å². The van der Waals surface area contributed by atoms with Crippen LogP contribution in [0.25, 0.3) is 0 Å². The van der Waals surface area contributed by atoms with Crippen LogP contribution in [0.1, 0.15) is 44.8 Å². The molecule has 1 rings (SSSR count). The number of carboxylic acids is 1. The fourth-order valence-electron chi connectivity index (χ4n) is 1.58. The van der Waals surface area contributed by atoms with Crippen LogP contribution in [0.4, 0.5) is 0 Å². The van der Waals surface area contributed by atoms with Crippen molar-refractivity contribution in [1.29, 1.82) is 0 Å². The van der Waals surface area contributed by atoms with E-state index in [1.54, 1.807) is 6.20 Å². The molecule has 0 amide bonds. The Morgan fingerprint density at radius 3 is 2.67 bits per heavy atom. The van der Waals surface area contributed by atoms with Gasteiger partial charge in [-0.1, -0.05) is 6.92 Å². The maximum absolute atomic E-state index is 10.7. The van der Waals surface area contributed by atoms with Gasteiger partial charge < -0.3 is 5.11 Å². The number of hydrogen-bond donors (Lipinski definition) is 1. The highest BCUT2D eigenvalue weighted by Crippen LogP contribution is 2.28. The molecule has 15 heavy (non-hydrogen) atoms. The van der Waals surface area contributed by atoms with Gasteiger partial charge in [0.25, 0.3) is 0 Å². The van der Waals surface area contributed by atoms with Crippen LogP contribution in [0.5, 0.6) is 0 Å². The lowest BCUT2D eigenvalue weighted by atomic mass is 10.0. The predicted octanol–water partition coefficient (Wildman–Crippen LogP) is 2.80. The number of aliphatic carboxylic acids is 1. The van der Waals surface area contributed by atoms with Gasteiger partial charge in [0.1, 0.15) is 0 Å². The topological polar surface area (TPSA) is 55.1 Å². The number of halogens is 1. The third kappa shape index (κ3) is 2.81. The monoisotopic (exact) mass is 274 g/mol. The first-order chi connectivity index (χ1) is 6.93. The first-order valence-electron chi connectivity index (χ1n) is 4.88. The highest BCUT2D eigenvalue weighted by molar-refractivity contribution is 9.10. The standard InChI is InChI=1S/C10H15BrN2O2/c1-6(2)13-10(8(11)5-12-13)7(3)4-9(14)15/h5-7H,4H2,1-3H3,(H,14,15). The van der Waals surface area contributed by atoms with E-state index in [0.717, 1.165) is 10.2 Å². The fourth-order valence-corrected chi connectivity index (χ4v) is 2.25. The Bertz CT molecular complexity index is 360. The van der Waals surface area contributed by atoms with Crippen LogP contribution in [-0.4, -0.2) is 20.9 Å². The normalized spacial score (nSPS) is 13.1. The van der Waals surface area contributed by atoms with E-state index in [1.807, 2.05) is 25.5 Å². The van der Waals surface area contributed by atoms with Gasteiger partial charge in [-0.2, -0.15) is 5.10 Å². The minimum Gasteiger partial charge on any atom is -0.481 e. The molecule has 0 aliphatic carbocycles. The van der Waals surface area contributed by atoms with Gasteiger partial charge in [0.05, 0.1) is 22.8 Å². The molecule has 0 saturated carbocycles. The van der Waals surface area contributed by atoms with E-state index < -0.39 is 5.97 Å². The highest BCUT2D eigenvalue weighted by atomic mass is 79.9. The summed E-state index contributed by atoms with van der Waals surface area (Å²) < 4.78 is 2.74. The fraction of sp³-hybridized carbons (Fsp3) is 0.600. The lowest BCUT2D eigenvalue weighted by Crippen LogP contribution is -2.12. The minimum absolute atomic E-state index is 0.0400. The maximum atomic E-state index is 10.7. The minimum atomic E-state index is -0.786. The maximum Gasteiger partial charge on any atom is 0.304 e. The molecule has 0 aliphatic rings. The first kappa shape index (κ1) is 12.2. The molecule has 1 N–H and O–H groups in total. The van der Waals surface area contributed by atoms with Crippen LogP contribution in [0, 0.1) is 0 Å². The van der Waals surface area contributed by atoms with E-state index in [9.17, 15) is 4.79 Å². The Hall–Kier alpha value is -0.840. The highest BCUT2D eigenvalue weighted by Gasteiger charge is 2.19. The van der Waals surface area contributed by atoms with Gasteiger partial charge in [0.2, 0.25) is 0 Å². The Morgan fingerprint density at radius 1 is 1.60 bits per heavy atom. The number of carbonyl (C=O) groups is 1. The number of carboxylic acid groups (broad SMARTS) is 1. The third-order valence-electron chi connectivity index (χ3n) is 2.22. The summed E-state index contributed by atoms with van der Waals surface area (Å²) in [7, 11) is 0. The van der Waals surface area contributed by atoms with E-state index >= 15 is 0 Å². The molecule has 5 heteroatoms. The molecule has 0 saturated heterocycles. The predicted molar refractivity (Wildman–Crippen MR) is 61.0 cm³/mol. The van der Waals surface area contributed by atoms with E-state index in [4.69, 9.17) is 5.11 Å². The second kappa shape index (κ2) is 4.79. The summed E-state index contributed by atoms with van der Waals surface area (Å²) in [4.78, 5) is 10.7. The van der Waals surface area contributed by atoms with E-state index in [-0.39, 0.29) is 18.4 Å². The average molecular weight is 275 g/mol. The summed E-state index contributed by atoms with van der Waals surface area (Å²) in [5.41, 5.74) is 0.951. The van der Waals surface area contributed by atoms with Crippen molar-refractivity contribution in [2.45, 2.75) is 39.2 Å². The summed E-state index contributed by atoms with van der Waals surface area (Å²) in [5, 5.41) is 13.0. The zero-order valence-corrected chi connectivity index (χ0v) is 10.7. The summed E-state index contributed by atoms with van der Waals surface area (Å²) in [6, 6.07) is 0.238. The average Bonchev–Trinajstić information content (AvgIpc) is 2.45.